The van der Waals surface area contributed by atoms with Crippen molar-refractivity contribution in [2.24, 2.45) is 17.8 Å². The number of hydrogen-bond donors (Lipinski definition) is 0. The molecule has 0 bridgehead atoms. The summed E-state index contributed by atoms with van der Waals surface area (Å²) in [5.74, 6) is -15.8. The summed E-state index contributed by atoms with van der Waals surface area (Å²) >= 11 is 5.81. The first-order valence-corrected chi connectivity index (χ1v) is 25.6. The first-order chi connectivity index (χ1) is 36.3. The van der Waals surface area contributed by atoms with E-state index >= 15 is 0 Å². The number of nitro benzene ring substituents is 1. The first-order valence-electron chi connectivity index (χ1n) is 25.3. The molecule has 9 atom stereocenters. The van der Waals surface area contributed by atoms with Crippen LogP contribution in [-0.2, 0) is 62.0 Å². The monoisotopic (exact) mass is 1120 g/mol. The van der Waals surface area contributed by atoms with Crippen molar-refractivity contribution in [1.29, 1.82) is 0 Å². The predicted octanol–water partition coefficient (Wildman–Crippen LogP) is 11.5. The fraction of sp³-hybridized carbons (Fsp3) is 0.509. The zero-order valence-electron chi connectivity index (χ0n) is 45.2. The molecule has 16 nitrogen and oxygen atoms in total. The molecule has 4 heterocycles. The normalized spacial score (nSPS) is 27.8. The SMILES string of the molecule is CC(=O)C1=CC(C2CCCCC2)CC(F)(C(C)=O)O1.CC(=O)C1=CC(c2ccc(Cl)cc2)CC(F)(C(C)=O)O1.CC(=O)C1=CC(c2ccc([N+](=O)[O-])cc2)CC(F)(C(C)=O)O1.COC(C)C1C=C(C(C)=O)OC(F)(C(C)=O)C1. The van der Waals surface area contributed by atoms with E-state index in [2.05, 4.69) is 0 Å². The molecule has 2 aromatic rings. The van der Waals surface area contributed by atoms with E-state index in [0.29, 0.717) is 16.5 Å². The smallest absolute Gasteiger partial charge is 0.307 e. The lowest BCUT2D eigenvalue weighted by Crippen LogP contribution is -2.43. The van der Waals surface area contributed by atoms with Crippen molar-refractivity contribution in [2.75, 3.05) is 7.11 Å². The van der Waals surface area contributed by atoms with E-state index in [1.807, 2.05) is 0 Å². The highest BCUT2D eigenvalue weighted by molar-refractivity contribution is 6.30. The lowest BCUT2D eigenvalue weighted by atomic mass is 9.75. The molecule has 7 rings (SSSR count). The Morgan fingerprint density at radius 2 is 0.897 bits per heavy atom. The van der Waals surface area contributed by atoms with E-state index in [1.54, 1.807) is 43.3 Å². The Morgan fingerprint density at radius 1 is 0.551 bits per heavy atom. The molecule has 21 heteroatoms. The molecule has 1 aliphatic carbocycles. The third-order valence-corrected chi connectivity index (χ3v) is 14.3. The van der Waals surface area contributed by atoms with Gasteiger partial charge in [0.1, 0.15) is 0 Å². The third kappa shape index (κ3) is 16.7. The lowest BCUT2D eigenvalue weighted by molar-refractivity contribution is -0.384. The maximum atomic E-state index is 14.6. The molecule has 1 fully saturated rings. The molecule has 0 spiro atoms. The standard InChI is InChI=1S/C15H14ClFO3.C15H14FNO5.C15H21FO3.C12H17FO4/c1-9(18)14-7-12(8-15(17,20-14)10(2)19)11-3-5-13(16)6-4-11;1-9(18)14-7-12(8-15(16,22-14)10(2)19)11-3-5-13(6-4-11)17(20)21;1-10(17)14-8-13(12-6-4-3-5-7-12)9-15(16,19-14)11(2)18;1-7(14)11-5-10(8(2)16-4)6-12(13,17-11)9(3)15/h3-7,12H,8H2,1-2H3;3-7,12H,8H2,1-2H3;8,12-13H,3-7,9H2,1-2H3;5,8,10H,6H2,1-4H3. The van der Waals surface area contributed by atoms with Gasteiger partial charge in [-0.3, -0.25) is 48.5 Å². The van der Waals surface area contributed by atoms with Crippen molar-refractivity contribution >= 4 is 63.6 Å². The second-order valence-electron chi connectivity index (χ2n) is 20.0. The van der Waals surface area contributed by atoms with Crippen LogP contribution in [0.15, 0.2) is 95.9 Å². The van der Waals surface area contributed by atoms with Crippen molar-refractivity contribution < 1.29 is 84.5 Å². The van der Waals surface area contributed by atoms with Crippen LogP contribution in [-0.4, -0.2) is 87.8 Å². The summed E-state index contributed by atoms with van der Waals surface area (Å²) in [5, 5.41) is 11.2. The maximum Gasteiger partial charge on any atom is 0.307 e. The topological polar surface area (TPSA) is 226 Å². The molecule has 0 N–H and O–H groups in total. The number of alkyl halides is 4. The second kappa shape index (κ2) is 26.8. The summed E-state index contributed by atoms with van der Waals surface area (Å²) in [4.78, 5) is 101. The Labute approximate surface area is 455 Å². The van der Waals surface area contributed by atoms with E-state index in [-0.39, 0.29) is 78.1 Å². The average molecular weight is 1120 g/mol. The molecule has 0 radical (unpaired) electrons. The summed E-state index contributed by atoms with van der Waals surface area (Å²) in [6.07, 6.45) is 11.0. The van der Waals surface area contributed by atoms with Crippen LogP contribution in [0.4, 0.5) is 23.2 Å². The number of nitro groups is 1. The summed E-state index contributed by atoms with van der Waals surface area (Å²) < 4.78 is 82.7. The highest BCUT2D eigenvalue weighted by atomic mass is 35.5. The Bertz CT molecular complexity index is 2750. The van der Waals surface area contributed by atoms with Crippen molar-refractivity contribution in [2.45, 2.75) is 161 Å². The van der Waals surface area contributed by atoms with Gasteiger partial charge < -0.3 is 23.7 Å². The minimum atomic E-state index is -2.57. The van der Waals surface area contributed by atoms with E-state index < -0.39 is 80.7 Å². The molecule has 2 aromatic carbocycles. The van der Waals surface area contributed by atoms with Gasteiger partial charge in [-0.05, 0) is 79.2 Å². The summed E-state index contributed by atoms with van der Waals surface area (Å²) in [7, 11) is 1.50. The zero-order valence-corrected chi connectivity index (χ0v) is 46.0. The largest absolute Gasteiger partial charge is 0.448 e. The maximum absolute atomic E-state index is 14.6. The Kier molecular flexibility index (Phi) is 21.9. The molecular formula is C57H66ClF4NO15. The Morgan fingerprint density at radius 3 is 1.26 bits per heavy atom. The number of methoxy groups -OCH3 is 1. The quantitative estimate of drug-likeness (QED) is 0.0974. The fourth-order valence-electron chi connectivity index (χ4n) is 9.10. The number of hydrogen-bond acceptors (Lipinski definition) is 15. The molecular weight excluding hydrogens is 1050 g/mol. The molecule has 5 aliphatic rings. The van der Waals surface area contributed by atoms with Gasteiger partial charge in [-0.25, -0.2) is 0 Å². The predicted molar refractivity (Wildman–Crippen MR) is 276 cm³/mol. The summed E-state index contributed by atoms with van der Waals surface area (Å²) in [6, 6.07) is 12.4. The molecule has 0 saturated heterocycles. The Hall–Kier alpha value is -6.67. The van der Waals surface area contributed by atoms with Crippen LogP contribution in [0.3, 0.4) is 0 Å². The highest BCUT2D eigenvalue weighted by Crippen LogP contribution is 2.43. The van der Waals surface area contributed by atoms with Crippen LogP contribution in [0, 0.1) is 27.9 Å². The number of ether oxygens (including phenoxy) is 5. The van der Waals surface area contributed by atoms with Gasteiger partial charge >= 0.3 is 23.4 Å². The van der Waals surface area contributed by atoms with Crippen LogP contribution >= 0.6 is 11.6 Å². The molecule has 9 unspecified atom stereocenters. The number of benzene rings is 2. The Balaban J connectivity index is 0.000000225. The molecule has 1 saturated carbocycles. The molecule has 0 amide bonds. The number of allylic oxidation sites excluding steroid dienone is 7. The summed E-state index contributed by atoms with van der Waals surface area (Å²) in [5.41, 5.74) is 1.25. The minimum absolute atomic E-state index is 0.0134. The van der Waals surface area contributed by atoms with Crippen LogP contribution in [0.5, 0.6) is 0 Å². The molecule has 0 aromatic heterocycles. The van der Waals surface area contributed by atoms with Gasteiger partial charge in [0.05, 0.1) is 11.0 Å². The van der Waals surface area contributed by atoms with Crippen LogP contribution in [0.1, 0.15) is 143 Å². The summed E-state index contributed by atoms with van der Waals surface area (Å²) in [6.45, 7) is 11.3. The van der Waals surface area contributed by atoms with E-state index in [0.717, 1.165) is 52.0 Å². The third-order valence-electron chi connectivity index (χ3n) is 14.0. The minimum Gasteiger partial charge on any atom is -0.448 e. The van der Waals surface area contributed by atoms with Crippen molar-refractivity contribution in [3.63, 3.8) is 0 Å². The molecule has 4 aliphatic heterocycles. The zero-order chi connectivity index (χ0) is 58.7. The van der Waals surface area contributed by atoms with Gasteiger partial charge in [0.25, 0.3) is 5.69 Å². The lowest BCUT2D eigenvalue weighted by Gasteiger charge is -2.37. The van der Waals surface area contributed by atoms with Gasteiger partial charge in [0.15, 0.2) is 46.2 Å². The first kappa shape index (κ1) is 63.9. The van der Waals surface area contributed by atoms with E-state index in [9.17, 15) is 66.0 Å². The van der Waals surface area contributed by atoms with Crippen molar-refractivity contribution in [3.8, 4) is 0 Å². The number of carbonyl (C=O) groups excluding carboxylic acids is 8. The van der Waals surface area contributed by atoms with Crippen molar-refractivity contribution in [1.82, 2.24) is 0 Å². The number of nitrogens with zero attached hydrogens (tertiary/aromatic N) is 1. The van der Waals surface area contributed by atoms with Gasteiger partial charge in [0.2, 0.25) is 23.1 Å². The van der Waals surface area contributed by atoms with E-state index in [4.69, 9.17) is 35.3 Å². The fourth-order valence-corrected chi connectivity index (χ4v) is 9.23. The number of non-ortho nitro benzene ring substituents is 1. The van der Waals surface area contributed by atoms with E-state index in [1.165, 1.54) is 84.6 Å². The number of ketones is 8. The van der Waals surface area contributed by atoms with Gasteiger partial charge in [-0.1, -0.05) is 55.1 Å². The number of rotatable bonds is 14. The number of carbonyl (C=O) groups is 8. The number of halogens is 5. The highest BCUT2D eigenvalue weighted by Gasteiger charge is 2.49. The van der Waals surface area contributed by atoms with Crippen molar-refractivity contribution in [3.05, 3.63) is 122 Å². The van der Waals surface area contributed by atoms with Gasteiger partial charge in [-0.2, -0.15) is 17.6 Å². The van der Waals surface area contributed by atoms with Crippen LogP contribution in [0.2, 0.25) is 5.02 Å². The van der Waals surface area contributed by atoms with Gasteiger partial charge in [0, 0.05) is 123 Å². The number of Topliss-reactive ketones (excluding diaryl/α,β-unsaturated/α-hetero) is 8. The van der Waals surface area contributed by atoms with Crippen LogP contribution in [0.25, 0.3) is 0 Å². The molecule has 424 valence electrons. The van der Waals surface area contributed by atoms with Gasteiger partial charge in [-0.15, -0.1) is 0 Å². The second-order valence-corrected chi connectivity index (χ2v) is 20.4. The van der Waals surface area contributed by atoms with Crippen LogP contribution < -0.4 is 0 Å². The molecule has 78 heavy (non-hydrogen) atoms. The average Bonchev–Trinajstić information content (AvgIpc) is 3.38.